The number of carbonyl (C=O) groups excluding carboxylic acids is 2. The number of carbonyl (C=O) groups is 2. The van der Waals surface area contributed by atoms with Crippen molar-refractivity contribution in [2.24, 2.45) is 5.41 Å². The molecule has 2 N–H and O–H groups in total. The molecule has 1 spiro atoms. The van der Waals surface area contributed by atoms with Gasteiger partial charge in [-0.2, -0.15) is 0 Å². The highest BCUT2D eigenvalue weighted by Crippen LogP contribution is 2.53. The molecule has 0 radical (unpaired) electrons. The van der Waals surface area contributed by atoms with Crippen LogP contribution < -0.4 is 5.32 Å². The van der Waals surface area contributed by atoms with Crippen molar-refractivity contribution in [3.8, 4) is 0 Å². The van der Waals surface area contributed by atoms with Gasteiger partial charge in [-0.15, -0.1) is 0 Å². The highest BCUT2D eigenvalue weighted by Gasteiger charge is 2.55. The molecule has 2 amide bonds. The Labute approximate surface area is 147 Å². The van der Waals surface area contributed by atoms with Crippen LogP contribution >= 0.6 is 0 Å². The van der Waals surface area contributed by atoms with E-state index in [1.807, 2.05) is 23.2 Å². The Kier molecular flexibility index (Phi) is 3.82. The first-order valence-electron chi connectivity index (χ1n) is 9.09. The van der Waals surface area contributed by atoms with Crippen molar-refractivity contribution in [1.29, 1.82) is 0 Å². The number of piperidine rings is 1. The number of rotatable bonds is 3. The fourth-order valence-electron chi connectivity index (χ4n) is 4.38. The molecule has 2 heterocycles. The molecule has 5 nitrogen and oxygen atoms in total. The quantitative estimate of drug-likeness (QED) is 0.902. The van der Waals surface area contributed by atoms with Gasteiger partial charge in [-0.1, -0.05) is 12.1 Å². The minimum absolute atomic E-state index is 0.0972. The fraction of sp³-hybridized carbons (Fsp3) is 0.500. The van der Waals surface area contributed by atoms with Gasteiger partial charge >= 0.3 is 0 Å². The number of likely N-dealkylation sites (tertiary alicyclic amines) is 1. The molecule has 5 heteroatoms. The number of amides is 2. The third kappa shape index (κ3) is 2.92. The molecule has 1 unspecified atom stereocenters. The van der Waals surface area contributed by atoms with Crippen LogP contribution in [0.4, 0.5) is 0 Å². The largest absolute Gasteiger partial charge is 0.361 e. The van der Waals surface area contributed by atoms with E-state index in [9.17, 15) is 9.59 Å². The summed E-state index contributed by atoms with van der Waals surface area (Å²) < 4.78 is 0. The van der Waals surface area contributed by atoms with Gasteiger partial charge in [-0.25, -0.2) is 0 Å². The predicted molar refractivity (Wildman–Crippen MR) is 97.2 cm³/mol. The van der Waals surface area contributed by atoms with Gasteiger partial charge in [0.05, 0.1) is 6.42 Å². The lowest BCUT2D eigenvalue weighted by molar-refractivity contribution is -0.130. The monoisotopic (exact) mass is 339 g/mol. The molecule has 2 aromatic rings. The molecular formula is C20H25N3O2. The topological polar surface area (TPSA) is 65.2 Å². The number of aromatic nitrogens is 1. The van der Waals surface area contributed by atoms with E-state index in [1.165, 1.54) is 5.56 Å². The fourth-order valence-corrected chi connectivity index (χ4v) is 4.38. The summed E-state index contributed by atoms with van der Waals surface area (Å²) in [5, 5.41) is 4.39. The Morgan fingerprint density at radius 2 is 2.08 bits per heavy atom. The smallest absolute Gasteiger partial charge is 0.224 e. The van der Waals surface area contributed by atoms with Crippen molar-refractivity contribution < 1.29 is 9.59 Å². The molecular weight excluding hydrogens is 314 g/mol. The highest BCUT2D eigenvalue weighted by molar-refractivity contribution is 5.91. The zero-order chi connectivity index (χ0) is 17.6. The van der Waals surface area contributed by atoms with Crippen LogP contribution in [0.2, 0.25) is 0 Å². The van der Waals surface area contributed by atoms with E-state index in [-0.39, 0.29) is 23.3 Å². The number of hydrogen-bond donors (Lipinski definition) is 2. The van der Waals surface area contributed by atoms with Crippen LogP contribution in [0.3, 0.4) is 0 Å². The molecule has 4 rings (SSSR count). The van der Waals surface area contributed by atoms with Crippen molar-refractivity contribution in [2.75, 3.05) is 13.1 Å². The van der Waals surface area contributed by atoms with Crippen LogP contribution in [-0.4, -0.2) is 40.8 Å². The number of benzene rings is 1. The van der Waals surface area contributed by atoms with Gasteiger partial charge in [0, 0.05) is 43.2 Å². The van der Waals surface area contributed by atoms with Gasteiger partial charge in [0.25, 0.3) is 0 Å². The maximum Gasteiger partial charge on any atom is 0.224 e. The number of fused-ring (bicyclic) bond motifs is 1. The number of aromatic amines is 1. The average molecular weight is 339 g/mol. The molecule has 1 aromatic heterocycles. The Morgan fingerprint density at radius 1 is 1.32 bits per heavy atom. The van der Waals surface area contributed by atoms with E-state index in [0.717, 1.165) is 48.8 Å². The first-order chi connectivity index (χ1) is 12.0. The van der Waals surface area contributed by atoms with Gasteiger partial charge in [0.1, 0.15) is 0 Å². The van der Waals surface area contributed by atoms with E-state index < -0.39 is 0 Å². The minimum Gasteiger partial charge on any atom is -0.361 e. The lowest BCUT2D eigenvalue weighted by Crippen LogP contribution is -2.41. The Morgan fingerprint density at radius 3 is 2.80 bits per heavy atom. The van der Waals surface area contributed by atoms with Gasteiger partial charge in [0.2, 0.25) is 11.8 Å². The molecule has 25 heavy (non-hydrogen) atoms. The molecule has 1 saturated heterocycles. The maximum absolute atomic E-state index is 12.5. The second-order valence-electron chi connectivity index (χ2n) is 7.68. The summed E-state index contributed by atoms with van der Waals surface area (Å²) in [5.74, 6) is 0.255. The molecule has 1 aliphatic carbocycles. The summed E-state index contributed by atoms with van der Waals surface area (Å²) >= 11 is 0. The van der Waals surface area contributed by atoms with Crippen LogP contribution in [0.5, 0.6) is 0 Å². The number of nitrogens with one attached hydrogen (secondary N) is 2. The lowest BCUT2D eigenvalue weighted by Gasteiger charge is -2.32. The van der Waals surface area contributed by atoms with Gasteiger partial charge < -0.3 is 15.2 Å². The SMILES string of the molecule is CC(=O)N1CCC2(CC1)CC2NC(=O)Cc1c[nH]c2cccc(C)c12. The van der Waals surface area contributed by atoms with Gasteiger partial charge in [0.15, 0.2) is 0 Å². The Hall–Kier alpha value is -2.30. The zero-order valence-corrected chi connectivity index (χ0v) is 14.9. The summed E-state index contributed by atoms with van der Waals surface area (Å²) in [6, 6.07) is 6.43. The lowest BCUT2D eigenvalue weighted by atomic mass is 9.92. The molecule has 132 valence electrons. The molecule has 1 aliphatic heterocycles. The Balaban J connectivity index is 1.37. The van der Waals surface area contributed by atoms with E-state index >= 15 is 0 Å². The standard InChI is InChI=1S/C20H25N3O2/c1-13-4-3-5-16-19(13)15(12-21-16)10-18(25)22-17-11-20(17)6-8-23(9-7-20)14(2)24/h3-5,12,17,21H,6-11H2,1-2H3,(H,22,25). The van der Waals surface area contributed by atoms with E-state index in [0.29, 0.717) is 6.42 Å². The highest BCUT2D eigenvalue weighted by atomic mass is 16.2. The van der Waals surface area contributed by atoms with Crippen molar-refractivity contribution in [3.63, 3.8) is 0 Å². The van der Waals surface area contributed by atoms with Crippen molar-refractivity contribution in [1.82, 2.24) is 15.2 Å². The second kappa shape index (κ2) is 5.90. The molecule has 1 atom stereocenters. The normalized spacial score (nSPS) is 21.5. The Bertz CT molecular complexity index is 831. The molecule has 2 fully saturated rings. The molecule has 0 bridgehead atoms. The van der Waals surface area contributed by atoms with Crippen molar-refractivity contribution >= 4 is 22.7 Å². The van der Waals surface area contributed by atoms with Crippen molar-refractivity contribution in [3.05, 3.63) is 35.5 Å². The van der Waals surface area contributed by atoms with E-state index in [4.69, 9.17) is 0 Å². The zero-order valence-electron chi connectivity index (χ0n) is 14.9. The number of aryl methyl sites for hydroxylation is 1. The van der Waals surface area contributed by atoms with Crippen molar-refractivity contribution in [2.45, 2.75) is 45.6 Å². The first kappa shape index (κ1) is 16.2. The van der Waals surface area contributed by atoms with E-state index in [2.05, 4.69) is 23.3 Å². The van der Waals surface area contributed by atoms with Crippen LogP contribution in [0.15, 0.2) is 24.4 Å². The summed E-state index contributed by atoms with van der Waals surface area (Å²) in [6.45, 7) is 5.36. The van der Waals surface area contributed by atoms with Crippen LogP contribution in [-0.2, 0) is 16.0 Å². The average Bonchev–Trinajstić information content (AvgIpc) is 3.04. The third-order valence-corrected chi connectivity index (χ3v) is 6.08. The number of H-pyrrole nitrogens is 1. The predicted octanol–water partition coefficient (Wildman–Crippen LogP) is 2.54. The first-order valence-corrected chi connectivity index (χ1v) is 9.09. The number of hydrogen-bond acceptors (Lipinski definition) is 2. The summed E-state index contributed by atoms with van der Waals surface area (Å²) in [7, 11) is 0. The maximum atomic E-state index is 12.5. The van der Waals surface area contributed by atoms with Gasteiger partial charge in [-0.3, -0.25) is 9.59 Å². The summed E-state index contributed by atoms with van der Waals surface area (Å²) in [4.78, 5) is 29.2. The number of nitrogens with zero attached hydrogens (tertiary/aromatic N) is 1. The van der Waals surface area contributed by atoms with Gasteiger partial charge in [-0.05, 0) is 48.8 Å². The van der Waals surface area contributed by atoms with Crippen LogP contribution in [0.25, 0.3) is 10.9 Å². The molecule has 1 aromatic carbocycles. The van der Waals surface area contributed by atoms with E-state index in [1.54, 1.807) is 6.92 Å². The van der Waals surface area contributed by atoms with Crippen LogP contribution in [0, 0.1) is 12.3 Å². The minimum atomic E-state index is 0.0972. The second-order valence-corrected chi connectivity index (χ2v) is 7.68. The summed E-state index contributed by atoms with van der Waals surface area (Å²) in [6.07, 6.45) is 5.42. The van der Waals surface area contributed by atoms with Crippen LogP contribution in [0.1, 0.15) is 37.3 Å². The molecule has 1 saturated carbocycles. The summed E-state index contributed by atoms with van der Waals surface area (Å²) in [5.41, 5.74) is 3.58. The third-order valence-electron chi connectivity index (χ3n) is 6.08. The molecule has 2 aliphatic rings.